The summed E-state index contributed by atoms with van der Waals surface area (Å²) in [7, 11) is 0. The minimum atomic E-state index is -0.103. The fraction of sp³-hybridized carbons (Fsp3) is 0.452. The molecule has 9 heteroatoms. The summed E-state index contributed by atoms with van der Waals surface area (Å²) in [5.74, 6) is 3.05. The van der Waals surface area contributed by atoms with Crippen molar-refractivity contribution in [2.75, 3.05) is 48.0 Å². The third-order valence-electron chi connectivity index (χ3n) is 8.54. The summed E-state index contributed by atoms with van der Waals surface area (Å²) in [5, 5.41) is 8.08. The minimum Gasteiger partial charge on any atom is -0.381 e. The minimum absolute atomic E-state index is 0.103. The van der Waals surface area contributed by atoms with E-state index in [1.165, 1.54) is 29.5 Å². The molecule has 0 saturated carbocycles. The Hall–Kier alpha value is -2.94. The molecule has 3 aliphatic rings. The van der Waals surface area contributed by atoms with Crippen molar-refractivity contribution in [2.24, 2.45) is 5.92 Å². The number of thiocarbonyl (C=S) groups is 1. The Morgan fingerprint density at radius 2 is 1.75 bits per heavy atom. The molecule has 1 aromatic heterocycles. The Morgan fingerprint density at radius 1 is 1.02 bits per heavy atom. The zero-order chi connectivity index (χ0) is 27.5. The van der Waals surface area contributed by atoms with Crippen molar-refractivity contribution in [3.05, 3.63) is 76.3 Å². The van der Waals surface area contributed by atoms with Gasteiger partial charge in [0.2, 0.25) is 5.95 Å². The van der Waals surface area contributed by atoms with E-state index < -0.39 is 0 Å². The number of nitrogens with zero attached hydrogens (tertiary/aromatic N) is 4. The first-order valence-corrected chi connectivity index (χ1v) is 15.1. The van der Waals surface area contributed by atoms with Gasteiger partial charge in [0.05, 0.1) is 0 Å². The Kier molecular flexibility index (Phi) is 8.10. The number of benzene rings is 2. The predicted octanol–water partition coefficient (Wildman–Crippen LogP) is 5.92. The van der Waals surface area contributed by atoms with Crippen LogP contribution in [0.1, 0.15) is 49.3 Å². The second-order valence-electron chi connectivity index (χ2n) is 11.4. The van der Waals surface area contributed by atoms with Gasteiger partial charge in [-0.25, -0.2) is 0 Å². The highest BCUT2D eigenvalue weighted by Crippen LogP contribution is 2.36. The molecule has 2 N–H and O–H groups in total. The Labute approximate surface area is 247 Å². The number of rotatable bonds is 6. The highest BCUT2D eigenvalue weighted by Gasteiger charge is 2.35. The quantitative estimate of drug-likeness (QED) is 0.351. The van der Waals surface area contributed by atoms with Crippen molar-refractivity contribution in [1.29, 1.82) is 0 Å². The topological polar surface area (TPSA) is 65.5 Å². The Balaban J connectivity index is 1.21. The maximum Gasteiger partial charge on any atom is 0.232 e. The lowest BCUT2D eigenvalue weighted by molar-refractivity contribution is 0.0515. The van der Waals surface area contributed by atoms with Crippen LogP contribution < -0.4 is 20.4 Å². The first kappa shape index (κ1) is 27.2. The lowest BCUT2D eigenvalue weighted by atomic mass is 9.74. The van der Waals surface area contributed by atoms with Crippen molar-refractivity contribution in [2.45, 2.75) is 51.1 Å². The van der Waals surface area contributed by atoms with Crippen LogP contribution in [0.5, 0.6) is 0 Å². The smallest absolute Gasteiger partial charge is 0.232 e. The summed E-state index contributed by atoms with van der Waals surface area (Å²) < 4.78 is 5.70. The summed E-state index contributed by atoms with van der Waals surface area (Å²) >= 11 is 12.2. The average Bonchev–Trinajstić information content (AvgIpc) is 3.41. The van der Waals surface area contributed by atoms with Gasteiger partial charge < -0.3 is 25.2 Å². The van der Waals surface area contributed by atoms with E-state index in [1.807, 2.05) is 12.1 Å². The third-order valence-corrected chi connectivity index (χ3v) is 9.03. The van der Waals surface area contributed by atoms with Gasteiger partial charge in [0.15, 0.2) is 5.11 Å². The van der Waals surface area contributed by atoms with Gasteiger partial charge in [-0.1, -0.05) is 54.9 Å². The van der Waals surface area contributed by atoms with Crippen molar-refractivity contribution < 1.29 is 4.74 Å². The number of hydrogen-bond acceptors (Lipinski definition) is 6. The molecule has 6 rings (SSSR count). The van der Waals surface area contributed by atoms with Crippen molar-refractivity contribution in [3.8, 4) is 0 Å². The number of nitrogens with one attached hydrogen (secondary N) is 2. The molecule has 2 saturated heterocycles. The van der Waals surface area contributed by atoms with E-state index in [0.29, 0.717) is 23.5 Å². The number of ether oxygens (including phenoxy) is 1. The second kappa shape index (κ2) is 11.9. The van der Waals surface area contributed by atoms with E-state index >= 15 is 0 Å². The molecule has 0 radical (unpaired) electrons. The lowest BCUT2D eigenvalue weighted by Gasteiger charge is -2.38. The fourth-order valence-electron chi connectivity index (χ4n) is 6.24. The molecule has 0 aliphatic carbocycles. The molecule has 4 heterocycles. The molecule has 0 amide bonds. The SMILES string of the molecule is C[C@@H]1CCCN(c2cc(N3Cc4ccccc4C3)nc(NC(=S)NCC3(c4cccc(Cl)c4)CCOCC3)n2)C1. The van der Waals surface area contributed by atoms with E-state index in [2.05, 4.69) is 69.8 Å². The van der Waals surface area contributed by atoms with Crippen LogP contribution in [-0.4, -0.2) is 47.9 Å². The summed E-state index contributed by atoms with van der Waals surface area (Å²) in [5.41, 5.74) is 3.81. The zero-order valence-electron chi connectivity index (χ0n) is 23.0. The molecule has 0 spiro atoms. The highest BCUT2D eigenvalue weighted by molar-refractivity contribution is 7.80. The monoisotopic (exact) mass is 576 g/mol. The molecule has 2 aromatic carbocycles. The van der Waals surface area contributed by atoms with Crippen LogP contribution in [0.15, 0.2) is 54.6 Å². The number of hydrogen-bond donors (Lipinski definition) is 2. The maximum absolute atomic E-state index is 6.37. The zero-order valence-corrected chi connectivity index (χ0v) is 24.6. The van der Waals surface area contributed by atoms with Crippen LogP contribution in [0.3, 0.4) is 0 Å². The van der Waals surface area contributed by atoms with Gasteiger partial charge in [-0.2, -0.15) is 9.97 Å². The first-order valence-electron chi connectivity index (χ1n) is 14.3. The molecular formula is C31H37ClN6OS. The van der Waals surface area contributed by atoms with Crippen LogP contribution in [0.25, 0.3) is 0 Å². The normalized spacial score (nSPS) is 20.2. The Bertz CT molecular complexity index is 1340. The van der Waals surface area contributed by atoms with E-state index in [9.17, 15) is 0 Å². The molecule has 7 nitrogen and oxygen atoms in total. The second-order valence-corrected chi connectivity index (χ2v) is 12.3. The number of piperidine rings is 1. The lowest BCUT2D eigenvalue weighted by Crippen LogP contribution is -2.45. The molecule has 40 heavy (non-hydrogen) atoms. The summed E-state index contributed by atoms with van der Waals surface area (Å²) in [6, 6.07) is 18.9. The van der Waals surface area contributed by atoms with Gasteiger partial charge in [0.25, 0.3) is 0 Å². The first-order chi connectivity index (χ1) is 19.5. The van der Waals surface area contributed by atoms with Crippen molar-refractivity contribution in [3.63, 3.8) is 0 Å². The van der Waals surface area contributed by atoms with Crippen LogP contribution in [-0.2, 0) is 23.2 Å². The Morgan fingerprint density at radius 3 is 2.45 bits per heavy atom. The number of halogens is 1. The van der Waals surface area contributed by atoms with Crippen molar-refractivity contribution in [1.82, 2.24) is 15.3 Å². The van der Waals surface area contributed by atoms with Gasteiger partial charge in [-0.05, 0) is 72.6 Å². The standard InChI is InChI=1S/C31H37ClN6OS/c1-22-6-5-13-37(18-22)27-17-28(38-19-23-7-2-3-8-24(23)20-38)35-29(34-27)36-30(40)33-21-31(11-14-39-15-12-31)25-9-4-10-26(32)16-25/h2-4,7-10,16-17,22H,5-6,11-15,18-21H2,1H3,(H2,33,34,35,36,40)/t22-/m1/s1. The highest BCUT2D eigenvalue weighted by atomic mass is 35.5. The summed E-state index contributed by atoms with van der Waals surface area (Å²) in [4.78, 5) is 14.6. The van der Waals surface area contributed by atoms with Gasteiger partial charge in [-0.3, -0.25) is 0 Å². The molecule has 1 atom stereocenters. The number of fused-ring (bicyclic) bond motifs is 1. The molecule has 0 bridgehead atoms. The van der Waals surface area contributed by atoms with Crippen LogP contribution >= 0.6 is 23.8 Å². The van der Waals surface area contributed by atoms with E-state index in [0.717, 1.165) is 68.9 Å². The van der Waals surface area contributed by atoms with Crippen LogP contribution in [0.2, 0.25) is 5.02 Å². The maximum atomic E-state index is 6.37. The van der Waals surface area contributed by atoms with Gasteiger partial charge in [-0.15, -0.1) is 0 Å². The largest absolute Gasteiger partial charge is 0.381 e. The van der Waals surface area contributed by atoms with Gasteiger partial charge in [0, 0.05) is 62.4 Å². The van der Waals surface area contributed by atoms with Crippen LogP contribution in [0, 0.1) is 5.92 Å². The predicted molar refractivity (Wildman–Crippen MR) is 166 cm³/mol. The summed E-state index contributed by atoms with van der Waals surface area (Å²) in [6.45, 7) is 8.13. The average molecular weight is 577 g/mol. The van der Waals surface area contributed by atoms with Gasteiger partial charge in [0.1, 0.15) is 11.6 Å². The van der Waals surface area contributed by atoms with E-state index in [4.69, 9.17) is 38.5 Å². The fourth-order valence-corrected chi connectivity index (χ4v) is 6.59. The van der Waals surface area contributed by atoms with Gasteiger partial charge >= 0.3 is 0 Å². The molecule has 210 valence electrons. The third kappa shape index (κ3) is 6.04. The molecule has 2 fully saturated rings. The molecule has 0 unspecified atom stereocenters. The molecule has 3 aromatic rings. The van der Waals surface area contributed by atoms with E-state index in [1.54, 1.807) is 0 Å². The van der Waals surface area contributed by atoms with Crippen LogP contribution in [0.4, 0.5) is 17.6 Å². The summed E-state index contributed by atoms with van der Waals surface area (Å²) in [6.07, 6.45) is 4.24. The number of anilines is 3. The number of aromatic nitrogens is 2. The van der Waals surface area contributed by atoms with E-state index in [-0.39, 0.29) is 5.41 Å². The molecule has 3 aliphatic heterocycles. The molecular weight excluding hydrogens is 540 g/mol. The van der Waals surface area contributed by atoms with Crippen molar-refractivity contribution >= 4 is 46.5 Å².